The van der Waals surface area contributed by atoms with Crippen molar-refractivity contribution in [2.75, 3.05) is 13.1 Å². The molecule has 2 bridgehead atoms. The van der Waals surface area contributed by atoms with Gasteiger partial charge in [-0.3, -0.25) is 9.88 Å². The van der Waals surface area contributed by atoms with Crippen molar-refractivity contribution in [3.05, 3.63) is 85.1 Å². The molecule has 3 saturated heterocycles. The van der Waals surface area contributed by atoms with Crippen LogP contribution in [0.3, 0.4) is 0 Å². The van der Waals surface area contributed by atoms with E-state index < -0.39 is 0 Å². The minimum atomic E-state index is -0.0103. The largest absolute Gasteiger partial charge is 0.484 e. The Morgan fingerprint density at radius 1 is 1.07 bits per heavy atom. The van der Waals surface area contributed by atoms with Crippen LogP contribution in [0.2, 0.25) is 0 Å². The molecule has 4 heterocycles. The molecule has 28 heavy (non-hydrogen) atoms. The Labute approximate surface area is 166 Å². The maximum absolute atomic E-state index is 6.67. The van der Waals surface area contributed by atoms with Crippen LogP contribution < -0.4 is 4.74 Å². The van der Waals surface area contributed by atoms with E-state index in [2.05, 4.69) is 58.9 Å². The molecule has 0 amide bonds. The van der Waals surface area contributed by atoms with Crippen molar-refractivity contribution in [3.8, 4) is 5.75 Å². The van der Waals surface area contributed by atoms with E-state index in [4.69, 9.17) is 4.74 Å². The molecule has 3 aliphatic rings. The number of aromatic nitrogens is 1. The number of hydrogen-bond donors (Lipinski definition) is 0. The predicted octanol–water partition coefficient (Wildman–Crippen LogP) is 5.25. The van der Waals surface area contributed by atoms with E-state index in [1.54, 1.807) is 0 Å². The van der Waals surface area contributed by atoms with Crippen LogP contribution >= 0.6 is 0 Å². The fourth-order valence-corrected chi connectivity index (χ4v) is 5.05. The van der Waals surface area contributed by atoms with E-state index in [9.17, 15) is 0 Å². The van der Waals surface area contributed by atoms with Gasteiger partial charge in [-0.05, 0) is 55.5 Å². The average Bonchev–Trinajstić information content (AvgIpc) is 2.78. The molecule has 0 spiro atoms. The van der Waals surface area contributed by atoms with Crippen molar-refractivity contribution in [2.24, 2.45) is 11.8 Å². The van der Waals surface area contributed by atoms with Gasteiger partial charge < -0.3 is 4.74 Å². The first-order valence-corrected chi connectivity index (χ1v) is 10.3. The smallest absolute Gasteiger partial charge is 0.140 e. The summed E-state index contributed by atoms with van der Waals surface area (Å²) in [6, 6.07) is 21.1. The second-order valence-electron chi connectivity index (χ2n) is 8.02. The molecule has 3 nitrogen and oxygen atoms in total. The van der Waals surface area contributed by atoms with Gasteiger partial charge in [0.2, 0.25) is 0 Å². The van der Waals surface area contributed by atoms with Gasteiger partial charge in [-0.2, -0.15) is 0 Å². The maximum atomic E-state index is 6.67. The summed E-state index contributed by atoms with van der Waals surface area (Å²) in [5.74, 6) is 2.25. The fourth-order valence-electron chi connectivity index (χ4n) is 5.05. The van der Waals surface area contributed by atoms with E-state index in [1.807, 2.05) is 30.5 Å². The Bertz CT molecular complexity index is 965. The Hall–Kier alpha value is -2.65. The molecule has 142 valence electrons. The molecule has 0 radical (unpaired) electrons. The Kier molecular flexibility index (Phi) is 4.61. The number of fused-ring (bicyclic) bond motifs is 4. The van der Waals surface area contributed by atoms with Crippen molar-refractivity contribution in [1.29, 1.82) is 0 Å². The number of benzene rings is 2. The third kappa shape index (κ3) is 3.10. The highest BCUT2D eigenvalue weighted by molar-refractivity contribution is 5.82. The summed E-state index contributed by atoms with van der Waals surface area (Å²) < 4.78 is 6.67. The third-order valence-electron chi connectivity index (χ3n) is 6.50. The van der Waals surface area contributed by atoms with Crippen LogP contribution in [0.1, 0.15) is 24.5 Å². The van der Waals surface area contributed by atoms with E-state index in [0.29, 0.717) is 17.9 Å². The number of ether oxygens (including phenoxy) is 1. The van der Waals surface area contributed by atoms with Crippen molar-refractivity contribution in [3.63, 3.8) is 0 Å². The monoisotopic (exact) mass is 370 g/mol. The zero-order valence-electron chi connectivity index (χ0n) is 16.1. The summed E-state index contributed by atoms with van der Waals surface area (Å²) in [6.07, 6.45) is 6.49. The van der Waals surface area contributed by atoms with Crippen molar-refractivity contribution < 1.29 is 4.74 Å². The first-order chi connectivity index (χ1) is 13.8. The second-order valence-corrected chi connectivity index (χ2v) is 8.02. The molecule has 3 aromatic rings. The lowest BCUT2D eigenvalue weighted by Gasteiger charge is -2.51. The summed E-state index contributed by atoms with van der Waals surface area (Å²) in [4.78, 5) is 7.19. The number of piperidine rings is 3. The summed E-state index contributed by atoms with van der Waals surface area (Å²) in [6.45, 7) is 6.32. The minimum Gasteiger partial charge on any atom is -0.484 e. The molecule has 2 aromatic carbocycles. The number of para-hydroxylation sites is 2. The lowest BCUT2D eigenvalue weighted by atomic mass is 9.73. The van der Waals surface area contributed by atoms with Gasteiger partial charge in [-0.25, -0.2) is 0 Å². The SMILES string of the molecule is C=C[C@H]1CN2CC[C@H]1C[C@@H]2[C@@H](Oc1ccccc1)c1ccnc2ccccc12. The van der Waals surface area contributed by atoms with Gasteiger partial charge in [0.1, 0.15) is 11.9 Å². The lowest BCUT2D eigenvalue weighted by Crippen LogP contribution is -2.55. The quantitative estimate of drug-likeness (QED) is 0.574. The van der Waals surface area contributed by atoms with Crippen LogP contribution in [0.5, 0.6) is 5.75 Å². The molecular weight excluding hydrogens is 344 g/mol. The summed E-state index contributed by atoms with van der Waals surface area (Å²) in [7, 11) is 0. The van der Waals surface area contributed by atoms with Crippen LogP contribution in [0.4, 0.5) is 0 Å². The predicted molar refractivity (Wildman–Crippen MR) is 113 cm³/mol. The topological polar surface area (TPSA) is 25.4 Å². The molecule has 0 N–H and O–H groups in total. The zero-order chi connectivity index (χ0) is 18.9. The number of nitrogens with zero attached hydrogens (tertiary/aromatic N) is 2. The molecule has 3 aliphatic heterocycles. The van der Waals surface area contributed by atoms with E-state index in [0.717, 1.165) is 30.8 Å². The van der Waals surface area contributed by atoms with Crippen molar-refractivity contribution >= 4 is 10.9 Å². The highest BCUT2D eigenvalue weighted by Gasteiger charge is 2.43. The van der Waals surface area contributed by atoms with Gasteiger partial charge in [0.05, 0.1) is 11.6 Å². The average molecular weight is 370 g/mol. The van der Waals surface area contributed by atoms with Crippen LogP contribution in [0.25, 0.3) is 10.9 Å². The number of hydrogen-bond acceptors (Lipinski definition) is 3. The molecule has 0 aliphatic carbocycles. The fraction of sp³-hybridized carbons (Fsp3) is 0.320. The first-order valence-electron chi connectivity index (χ1n) is 10.3. The van der Waals surface area contributed by atoms with Gasteiger partial charge in [-0.1, -0.05) is 42.5 Å². The summed E-state index contributed by atoms with van der Waals surface area (Å²) >= 11 is 0. The van der Waals surface area contributed by atoms with Crippen LogP contribution in [0, 0.1) is 11.8 Å². The highest BCUT2D eigenvalue weighted by atomic mass is 16.5. The standard InChI is InChI=1S/C25H26N2O/c1-2-18-17-27-15-13-19(18)16-24(27)25(28-20-8-4-3-5-9-20)22-12-14-26-23-11-7-6-10-21(22)23/h2-12,14,18-19,24-25H,1,13,15-17H2/t18-,19-,24+,25-/m0/s1. The normalized spacial score (nSPS) is 27.4. The Morgan fingerprint density at radius 3 is 2.68 bits per heavy atom. The Balaban J connectivity index is 1.57. The van der Waals surface area contributed by atoms with Crippen LogP contribution in [0.15, 0.2) is 79.5 Å². The number of pyridine rings is 1. The van der Waals surface area contributed by atoms with E-state index in [-0.39, 0.29) is 6.10 Å². The molecule has 5 atom stereocenters. The zero-order valence-corrected chi connectivity index (χ0v) is 16.1. The lowest BCUT2D eigenvalue weighted by molar-refractivity contribution is -0.0357. The van der Waals surface area contributed by atoms with Crippen LogP contribution in [-0.2, 0) is 0 Å². The molecule has 3 fully saturated rings. The van der Waals surface area contributed by atoms with Crippen LogP contribution in [-0.4, -0.2) is 29.0 Å². The van der Waals surface area contributed by atoms with Gasteiger partial charge in [-0.15, -0.1) is 6.58 Å². The molecule has 1 unspecified atom stereocenters. The van der Waals surface area contributed by atoms with Crippen molar-refractivity contribution in [2.45, 2.75) is 25.0 Å². The van der Waals surface area contributed by atoms with Gasteiger partial charge in [0.25, 0.3) is 0 Å². The summed E-state index contributed by atoms with van der Waals surface area (Å²) in [5.41, 5.74) is 2.27. The third-order valence-corrected chi connectivity index (χ3v) is 6.50. The molecular formula is C25H26N2O. The second kappa shape index (κ2) is 7.40. The van der Waals surface area contributed by atoms with E-state index >= 15 is 0 Å². The molecule has 1 aromatic heterocycles. The molecule has 0 saturated carbocycles. The van der Waals surface area contributed by atoms with E-state index in [1.165, 1.54) is 17.4 Å². The minimum absolute atomic E-state index is 0.0103. The first kappa shape index (κ1) is 17.4. The molecule has 3 heteroatoms. The van der Waals surface area contributed by atoms with Gasteiger partial charge in [0.15, 0.2) is 0 Å². The molecule has 6 rings (SSSR count). The summed E-state index contributed by atoms with van der Waals surface area (Å²) in [5, 5.41) is 1.19. The van der Waals surface area contributed by atoms with Gasteiger partial charge in [0, 0.05) is 23.7 Å². The van der Waals surface area contributed by atoms with Gasteiger partial charge >= 0.3 is 0 Å². The Morgan fingerprint density at radius 2 is 1.89 bits per heavy atom. The highest BCUT2D eigenvalue weighted by Crippen LogP contribution is 2.43. The number of rotatable bonds is 5. The maximum Gasteiger partial charge on any atom is 0.140 e. The van der Waals surface area contributed by atoms with Crippen molar-refractivity contribution in [1.82, 2.24) is 9.88 Å².